The molecule has 0 bridgehead atoms. The largest absolute Gasteiger partial charge is 0.339 e. The minimum absolute atomic E-state index is 0.448. The van der Waals surface area contributed by atoms with Crippen molar-refractivity contribution in [2.24, 2.45) is 0 Å². The molecule has 1 aliphatic carbocycles. The van der Waals surface area contributed by atoms with Crippen molar-refractivity contribution in [3.8, 4) is 0 Å². The quantitative estimate of drug-likeness (QED) is 0.748. The summed E-state index contributed by atoms with van der Waals surface area (Å²) in [4.78, 5) is 4.55. The Balaban J connectivity index is 1.74. The second kappa shape index (κ2) is 9.46. The third kappa shape index (κ3) is 5.99. The van der Waals surface area contributed by atoms with E-state index in [1.165, 1.54) is 32.1 Å². The lowest BCUT2D eigenvalue weighted by atomic mass is 10.0. The third-order valence-electron chi connectivity index (χ3n) is 4.11. The van der Waals surface area contributed by atoms with Crippen molar-refractivity contribution < 1.29 is 4.52 Å². The lowest BCUT2D eigenvalue weighted by molar-refractivity contribution is 0.351. The Morgan fingerprint density at radius 2 is 2.10 bits per heavy atom. The first-order valence-electron chi connectivity index (χ1n) is 8.48. The summed E-state index contributed by atoms with van der Waals surface area (Å²) in [7, 11) is 0. The highest BCUT2D eigenvalue weighted by atomic mass is 32.2. The van der Waals surface area contributed by atoms with E-state index in [2.05, 4.69) is 29.3 Å². The van der Waals surface area contributed by atoms with Gasteiger partial charge < -0.3 is 9.84 Å². The van der Waals surface area contributed by atoms with E-state index >= 15 is 0 Å². The number of aromatic nitrogens is 2. The molecule has 1 fully saturated rings. The standard InChI is InChI=1S/C16H29N3OS/c1-3-10-17-13(4-2)11-16-18-15(19-20-16)12-21-14-8-6-5-7-9-14/h13-14,17H,3-12H2,1-2H3. The molecular weight excluding hydrogens is 282 g/mol. The fourth-order valence-corrected chi connectivity index (χ4v) is 3.94. The number of rotatable bonds is 9. The summed E-state index contributed by atoms with van der Waals surface area (Å²) < 4.78 is 5.40. The molecule has 5 heteroatoms. The molecule has 0 amide bonds. The van der Waals surface area contributed by atoms with Crippen molar-refractivity contribution in [2.75, 3.05) is 6.54 Å². The van der Waals surface area contributed by atoms with Gasteiger partial charge in [0.05, 0.1) is 5.75 Å². The van der Waals surface area contributed by atoms with E-state index < -0.39 is 0 Å². The van der Waals surface area contributed by atoms with Crippen molar-refractivity contribution in [1.29, 1.82) is 0 Å². The van der Waals surface area contributed by atoms with Crippen molar-refractivity contribution in [1.82, 2.24) is 15.5 Å². The molecule has 0 aromatic carbocycles. The molecule has 0 radical (unpaired) electrons. The van der Waals surface area contributed by atoms with Gasteiger partial charge in [-0.3, -0.25) is 0 Å². The van der Waals surface area contributed by atoms with Crippen LogP contribution in [0, 0.1) is 0 Å². The Bertz CT molecular complexity index is 391. The first kappa shape index (κ1) is 16.8. The molecule has 21 heavy (non-hydrogen) atoms. The van der Waals surface area contributed by atoms with E-state index in [0.717, 1.165) is 48.5 Å². The smallest absolute Gasteiger partial charge is 0.228 e. The summed E-state index contributed by atoms with van der Waals surface area (Å²) in [5.74, 6) is 2.54. The number of hydrogen-bond donors (Lipinski definition) is 1. The molecule has 1 aromatic heterocycles. The Morgan fingerprint density at radius 1 is 1.29 bits per heavy atom. The summed E-state index contributed by atoms with van der Waals surface area (Å²) in [6, 6.07) is 0.448. The zero-order valence-electron chi connectivity index (χ0n) is 13.4. The van der Waals surface area contributed by atoms with Crippen LogP contribution in [-0.4, -0.2) is 28.0 Å². The molecule has 120 valence electrons. The van der Waals surface area contributed by atoms with Crippen LogP contribution in [-0.2, 0) is 12.2 Å². The van der Waals surface area contributed by atoms with Gasteiger partial charge in [-0.25, -0.2) is 0 Å². The third-order valence-corrected chi connectivity index (χ3v) is 5.47. The van der Waals surface area contributed by atoms with E-state index in [1.807, 2.05) is 11.8 Å². The molecule has 0 spiro atoms. The van der Waals surface area contributed by atoms with Crippen LogP contribution >= 0.6 is 11.8 Å². The molecule has 1 N–H and O–H groups in total. The van der Waals surface area contributed by atoms with Gasteiger partial charge in [0.1, 0.15) is 0 Å². The van der Waals surface area contributed by atoms with Gasteiger partial charge in [-0.2, -0.15) is 16.7 Å². The van der Waals surface area contributed by atoms with Gasteiger partial charge in [0.2, 0.25) is 5.89 Å². The topological polar surface area (TPSA) is 51.0 Å². The van der Waals surface area contributed by atoms with Crippen LogP contribution in [0.1, 0.15) is 70.5 Å². The van der Waals surface area contributed by atoms with Crippen LogP contribution in [0.15, 0.2) is 4.52 Å². The highest BCUT2D eigenvalue weighted by molar-refractivity contribution is 7.99. The molecular formula is C16H29N3OS. The van der Waals surface area contributed by atoms with Crippen molar-refractivity contribution in [2.45, 2.75) is 82.3 Å². The van der Waals surface area contributed by atoms with Crippen LogP contribution < -0.4 is 5.32 Å². The second-order valence-electron chi connectivity index (χ2n) is 5.94. The van der Waals surface area contributed by atoms with E-state index in [4.69, 9.17) is 4.52 Å². The number of hydrogen-bond acceptors (Lipinski definition) is 5. The molecule has 1 aliphatic rings. The lowest BCUT2D eigenvalue weighted by Crippen LogP contribution is -2.31. The summed E-state index contributed by atoms with van der Waals surface area (Å²) in [5, 5.41) is 8.46. The average Bonchev–Trinajstić information content (AvgIpc) is 2.98. The van der Waals surface area contributed by atoms with Crippen LogP contribution in [0.2, 0.25) is 0 Å². The predicted octanol–water partition coefficient (Wildman–Crippen LogP) is 3.96. The Morgan fingerprint density at radius 3 is 2.81 bits per heavy atom. The van der Waals surface area contributed by atoms with E-state index in [1.54, 1.807) is 0 Å². The van der Waals surface area contributed by atoms with Gasteiger partial charge in [-0.15, -0.1) is 0 Å². The van der Waals surface area contributed by atoms with Gasteiger partial charge in [0.25, 0.3) is 0 Å². The van der Waals surface area contributed by atoms with E-state index in [-0.39, 0.29) is 0 Å². The predicted molar refractivity (Wildman–Crippen MR) is 88.5 cm³/mol. The van der Waals surface area contributed by atoms with Crippen LogP contribution in [0.25, 0.3) is 0 Å². The van der Waals surface area contributed by atoms with Gasteiger partial charge >= 0.3 is 0 Å². The van der Waals surface area contributed by atoms with Crippen molar-refractivity contribution in [3.05, 3.63) is 11.7 Å². The van der Waals surface area contributed by atoms with Gasteiger partial charge in [0.15, 0.2) is 5.82 Å². The second-order valence-corrected chi connectivity index (χ2v) is 7.23. The van der Waals surface area contributed by atoms with Crippen LogP contribution in [0.3, 0.4) is 0 Å². The van der Waals surface area contributed by atoms with Gasteiger partial charge in [0, 0.05) is 17.7 Å². The monoisotopic (exact) mass is 311 g/mol. The molecule has 1 heterocycles. The minimum Gasteiger partial charge on any atom is -0.339 e. The maximum Gasteiger partial charge on any atom is 0.228 e. The molecule has 4 nitrogen and oxygen atoms in total. The summed E-state index contributed by atoms with van der Waals surface area (Å²) in [5.41, 5.74) is 0. The Hall–Kier alpha value is -0.550. The normalized spacial score (nSPS) is 18.0. The van der Waals surface area contributed by atoms with E-state index in [0.29, 0.717) is 6.04 Å². The average molecular weight is 311 g/mol. The lowest BCUT2D eigenvalue weighted by Gasteiger charge is -2.20. The zero-order valence-corrected chi connectivity index (χ0v) is 14.3. The van der Waals surface area contributed by atoms with E-state index in [9.17, 15) is 0 Å². The molecule has 1 unspecified atom stereocenters. The summed E-state index contributed by atoms with van der Waals surface area (Å²) in [6.45, 7) is 5.44. The first-order chi connectivity index (χ1) is 10.3. The molecule has 1 atom stereocenters. The summed E-state index contributed by atoms with van der Waals surface area (Å²) >= 11 is 2.00. The fraction of sp³-hybridized carbons (Fsp3) is 0.875. The maximum absolute atomic E-state index is 5.40. The van der Waals surface area contributed by atoms with Crippen LogP contribution in [0.4, 0.5) is 0 Å². The minimum atomic E-state index is 0.448. The molecule has 2 rings (SSSR count). The van der Waals surface area contributed by atoms with Gasteiger partial charge in [-0.1, -0.05) is 38.3 Å². The highest BCUT2D eigenvalue weighted by Gasteiger charge is 2.16. The fourth-order valence-electron chi connectivity index (χ4n) is 2.78. The zero-order chi connectivity index (χ0) is 14.9. The van der Waals surface area contributed by atoms with Crippen molar-refractivity contribution >= 4 is 11.8 Å². The number of nitrogens with zero attached hydrogens (tertiary/aromatic N) is 2. The molecule has 0 aliphatic heterocycles. The van der Waals surface area contributed by atoms with Crippen molar-refractivity contribution in [3.63, 3.8) is 0 Å². The Kier molecular flexibility index (Phi) is 7.58. The highest BCUT2D eigenvalue weighted by Crippen LogP contribution is 2.29. The maximum atomic E-state index is 5.40. The van der Waals surface area contributed by atoms with Crippen LogP contribution in [0.5, 0.6) is 0 Å². The SMILES string of the molecule is CCCNC(CC)Cc1nc(CSC2CCCCC2)no1. The number of nitrogens with one attached hydrogen (secondary N) is 1. The molecule has 1 saturated carbocycles. The summed E-state index contributed by atoms with van der Waals surface area (Å²) in [6.07, 6.45) is 9.98. The molecule has 0 saturated heterocycles. The van der Waals surface area contributed by atoms with Gasteiger partial charge in [-0.05, 0) is 32.2 Å². The molecule has 1 aromatic rings. The number of thioether (sulfide) groups is 1. The Labute approximate surface area is 132 Å². The first-order valence-corrected chi connectivity index (χ1v) is 9.53.